The average Bonchev–Trinajstić information content (AvgIpc) is 3.13. The van der Waals surface area contributed by atoms with Gasteiger partial charge < -0.3 is 18.9 Å². The summed E-state index contributed by atoms with van der Waals surface area (Å²) in [5.41, 5.74) is 0.687. The zero-order valence-corrected chi connectivity index (χ0v) is 20.8. The lowest BCUT2D eigenvalue weighted by Crippen LogP contribution is -2.36. The smallest absolute Gasteiger partial charge is 0.267 e. The van der Waals surface area contributed by atoms with Gasteiger partial charge >= 0.3 is 0 Å². The second kappa shape index (κ2) is 10.5. The maximum Gasteiger partial charge on any atom is 0.267 e. The van der Waals surface area contributed by atoms with Gasteiger partial charge in [-0.3, -0.25) is 9.59 Å². The topological polar surface area (TPSA) is 60.8 Å². The Morgan fingerprint density at radius 2 is 1.75 bits per heavy atom. The summed E-state index contributed by atoms with van der Waals surface area (Å²) in [5.74, 6) is 0.982. The Balaban J connectivity index is 2.21. The molecule has 0 aliphatic heterocycles. The Kier molecular flexibility index (Phi) is 7.96. The Bertz CT molecular complexity index is 1140. The van der Waals surface area contributed by atoms with Crippen molar-refractivity contribution in [3.63, 3.8) is 0 Å². The van der Waals surface area contributed by atoms with E-state index in [1.807, 2.05) is 36.1 Å². The molecule has 7 heteroatoms. The second-order valence-corrected chi connectivity index (χ2v) is 9.91. The molecule has 0 saturated carbocycles. The molecule has 0 N–H and O–H groups in total. The van der Waals surface area contributed by atoms with Crippen molar-refractivity contribution in [3.8, 4) is 5.75 Å². The Morgan fingerprint density at radius 3 is 2.38 bits per heavy atom. The number of carbonyl (C=O) groups is 1. The van der Waals surface area contributed by atoms with Crippen molar-refractivity contribution in [2.24, 2.45) is 18.9 Å². The Labute approximate surface area is 193 Å². The van der Waals surface area contributed by atoms with Gasteiger partial charge in [0.25, 0.3) is 11.5 Å². The molecule has 32 heavy (non-hydrogen) atoms. The number of fused-ring (bicyclic) bond motifs is 3. The maximum absolute atomic E-state index is 13.7. The Hall–Kier alpha value is -2.38. The van der Waals surface area contributed by atoms with Crippen molar-refractivity contribution >= 4 is 38.2 Å². The number of carbonyl (C=O) groups excluding carboxylic acids is 1. The summed E-state index contributed by atoms with van der Waals surface area (Å²) in [5, 5.41) is 1.42. The molecule has 0 radical (unpaired) electrons. The van der Waals surface area contributed by atoms with Crippen LogP contribution in [0, 0.1) is 11.8 Å². The van der Waals surface area contributed by atoms with E-state index >= 15 is 0 Å². The number of hydrogen-bond acceptors (Lipinski definition) is 5. The van der Waals surface area contributed by atoms with Crippen LogP contribution in [0.4, 0.5) is 0 Å². The quantitative estimate of drug-likeness (QED) is 0.405. The van der Waals surface area contributed by atoms with E-state index in [0.29, 0.717) is 54.2 Å². The standard InChI is InChI=1S/C25H34N2O4S/c1-7-30-12-13-31-21-20-22(18-10-8-9-11-19(18)26(6)24(20)28)32-23(21)25(29)27(14-16(2)3)15-17(4)5/h8-11,16-17H,7,12-15H2,1-6H3. The molecule has 0 fully saturated rings. The monoisotopic (exact) mass is 458 g/mol. The first kappa shape index (κ1) is 24.3. The van der Waals surface area contributed by atoms with E-state index in [1.54, 1.807) is 11.6 Å². The number of rotatable bonds is 10. The molecule has 2 heterocycles. The van der Waals surface area contributed by atoms with Crippen LogP contribution in [-0.2, 0) is 11.8 Å². The molecule has 2 aromatic heterocycles. The van der Waals surface area contributed by atoms with Gasteiger partial charge in [0.2, 0.25) is 0 Å². The molecule has 0 atom stereocenters. The van der Waals surface area contributed by atoms with Crippen LogP contribution >= 0.6 is 11.3 Å². The molecule has 0 aliphatic carbocycles. The second-order valence-electron chi connectivity index (χ2n) is 8.89. The van der Waals surface area contributed by atoms with Gasteiger partial charge in [-0.1, -0.05) is 45.9 Å². The van der Waals surface area contributed by atoms with Crippen molar-refractivity contribution in [1.82, 2.24) is 9.47 Å². The van der Waals surface area contributed by atoms with Gasteiger partial charge in [0.1, 0.15) is 16.9 Å². The van der Waals surface area contributed by atoms with E-state index in [9.17, 15) is 9.59 Å². The molecule has 1 amide bonds. The molecule has 0 bridgehead atoms. The number of pyridine rings is 1. The summed E-state index contributed by atoms with van der Waals surface area (Å²) in [7, 11) is 1.76. The van der Waals surface area contributed by atoms with Gasteiger partial charge in [-0.15, -0.1) is 11.3 Å². The Morgan fingerprint density at radius 1 is 1.09 bits per heavy atom. The molecule has 6 nitrogen and oxygen atoms in total. The van der Waals surface area contributed by atoms with Crippen LogP contribution in [0.25, 0.3) is 21.0 Å². The number of benzene rings is 1. The third-order valence-electron chi connectivity index (χ3n) is 5.22. The van der Waals surface area contributed by atoms with Crippen LogP contribution in [0.3, 0.4) is 0 Å². The summed E-state index contributed by atoms with van der Waals surface area (Å²) in [6.45, 7) is 12.9. The summed E-state index contributed by atoms with van der Waals surface area (Å²) in [6.07, 6.45) is 0. The van der Waals surface area contributed by atoms with E-state index in [1.165, 1.54) is 11.3 Å². The van der Waals surface area contributed by atoms with Crippen LogP contribution < -0.4 is 10.3 Å². The molecule has 0 saturated heterocycles. The summed E-state index contributed by atoms with van der Waals surface area (Å²) in [4.78, 5) is 29.5. The predicted octanol–water partition coefficient (Wildman–Crippen LogP) is 4.92. The molecule has 3 rings (SSSR count). The van der Waals surface area contributed by atoms with Crippen molar-refractivity contribution in [2.45, 2.75) is 34.6 Å². The van der Waals surface area contributed by atoms with Gasteiger partial charge in [0, 0.05) is 32.1 Å². The van der Waals surface area contributed by atoms with Gasteiger partial charge in [-0.05, 0) is 24.8 Å². The number of aromatic nitrogens is 1. The minimum atomic E-state index is -0.153. The molecular formula is C25H34N2O4S. The first-order valence-corrected chi connectivity index (χ1v) is 12.1. The SMILES string of the molecule is CCOCCOc1c(C(=O)N(CC(C)C)CC(C)C)sc2c1c(=O)n(C)c1ccccc21. The van der Waals surface area contributed by atoms with Crippen LogP contribution in [-0.4, -0.2) is 48.3 Å². The minimum Gasteiger partial charge on any atom is -0.489 e. The average molecular weight is 459 g/mol. The third-order valence-corrected chi connectivity index (χ3v) is 6.42. The lowest BCUT2D eigenvalue weighted by atomic mass is 10.1. The highest BCUT2D eigenvalue weighted by molar-refractivity contribution is 7.22. The fourth-order valence-electron chi connectivity index (χ4n) is 3.93. The van der Waals surface area contributed by atoms with Gasteiger partial charge in [-0.25, -0.2) is 0 Å². The zero-order chi connectivity index (χ0) is 23.4. The normalized spacial score (nSPS) is 11.8. The lowest BCUT2D eigenvalue weighted by molar-refractivity contribution is 0.0711. The van der Waals surface area contributed by atoms with Crippen LogP contribution in [0.1, 0.15) is 44.3 Å². The molecular weight excluding hydrogens is 424 g/mol. The van der Waals surface area contributed by atoms with Gasteiger partial charge in [0.05, 0.1) is 16.8 Å². The number of nitrogens with zero attached hydrogens (tertiary/aromatic N) is 2. The predicted molar refractivity (Wildman–Crippen MR) is 132 cm³/mol. The first-order valence-electron chi connectivity index (χ1n) is 11.3. The first-order chi connectivity index (χ1) is 15.3. The highest BCUT2D eigenvalue weighted by Gasteiger charge is 2.28. The van der Waals surface area contributed by atoms with Crippen molar-refractivity contribution in [1.29, 1.82) is 0 Å². The lowest BCUT2D eigenvalue weighted by Gasteiger charge is -2.26. The third kappa shape index (κ3) is 4.99. The van der Waals surface area contributed by atoms with Crippen molar-refractivity contribution in [2.75, 3.05) is 32.9 Å². The minimum absolute atomic E-state index is 0.0776. The number of para-hydroxylation sites is 1. The number of amides is 1. The van der Waals surface area contributed by atoms with E-state index in [0.717, 1.165) is 15.6 Å². The largest absolute Gasteiger partial charge is 0.489 e. The number of aryl methyl sites for hydroxylation is 1. The highest BCUT2D eigenvalue weighted by atomic mass is 32.1. The fourth-order valence-corrected chi connectivity index (χ4v) is 5.17. The van der Waals surface area contributed by atoms with Crippen LogP contribution in [0.15, 0.2) is 29.1 Å². The van der Waals surface area contributed by atoms with Crippen molar-refractivity contribution < 1.29 is 14.3 Å². The maximum atomic E-state index is 13.7. The number of hydrogen-bond donors (Lipinski definition) is 0. The summed E-state index contributed by atoms with van der Waals surface area (Å²) >= 11 is 1.36. The van der Waals surface area contributed by atoms with E-state index in [-0.39, 0.29) is 18.1 Å². The number of thiophene rings is 1. The summed E-state index contributed by atoms with van der Waals surface area (Å²) < 4.78 is 13.9. The molecule has 174 valence electrons. The number of ether oxygens (including phenoxy) is 2. The molecule has 1 aromatic carbocycles. The van der Waals surface area contributed by atoms with Gasteiger partial charge in [-0.2, -0.15) is 0 Å². The van der Waals surface area contributed by atoms with E-state index in [2.05, 4.69) is 27.7 Å². The van der Waals surface area contributed by atoms with Crippen LogP contribution in [0.5, 0.6) is 5.75 Å². The zero-order valence-electron chi connectivity index (χ0n) is 19.9. The highest BCUT2D eigenvalue weighted by Crippen LogP contribution is 2.40. The van der Waals surface area contributed by atoms with E-state index in [4.69, 9.17) is 9.47 Å². The molecule has 3 aromatic rings. The molecule has 0 spiro atoms. The molecule has 0 unspecified atom stereocenters. The fraction of sp³-hybridized carbons (Fsp3) is 0.520. The van der Waals surface area contributed by atoms with Gasteiger partial charge in [0.15, 0.2) is 5.75 Å². The van der Waals surface area contributed by atoms with E-state index < -0.39 is 0 Å². The summed E-state index contributed by atoms with van der Waals surface area (Å²) in [6, 6.07) is 7.79. The molecule has 0 aliphatic rings. The van der Waals surface area contributed by atoms with Crippen LogP contribution in [0.2, 0.25) is 0 Å². The van der Waals surface area contributed by atoms with Crippen molar-refractivity contribution in [3.05, 3.63) is 39.5 Å².